The van der Waals surface area contributed by atoms with Crippen LogP contribution in [0, 0.1) is 0 Å². The van der Waals surface area contributed by atoms with Crippen molar-refractivity contribution < 1.29 is 0 Å². The van der Waals surface area contributed by atoms with Gasteiger partial charge in [-0.15, -0.1) is 0 Å². The molecule has 0 aliphatic carbocycles. The van der Waals surface area contributed by atoms with E-state index in [0.717, 1.165) is 38.3 Å². The Morgan fingerprint density at radius 2 is 2.00 bits per heavy atom. The smallest absolute Gasteiger partial charge is 0.132 e. The number of nitrogens with zero attached hydrogens (tertiary/aromatic N) is 3. The summed E-state index contributed by atoms with van der Waals surface area (Å²) in [5, 5.41) is 3.62. The fourth-order valence-corrected chi connectivity index (χ4v) is 2.61. The average Bonchev–Trinajstić information content (AvgIpc) is 2.46. The van der Waals surface area contributed by atoms with Gasteiger partial charge in [0.1, 0.15) is 12.1 Å². The molecule has 106 valence electrons. The van der Waals surface area contributed by atoms with E-state index in [4.69, 9.17) is 0 Å². The second-order valence-electron chi connectivity index (χ2n) is 5.33. The van der Waals surface area contributed by atoms with Gasteiger partial charge in [-0.3, -0.25) is 0 Å². The zero-order chi connectivity index (χ0) is 13.5. The van der Waals surface area contributed by atoms with Crippen molar-refractivity contribution in [3.63, 3.8) is 0 Å². The van der Waals surface area contributed by atoms with Crippen LogP contribution in [0.4, 0.5) is 5.82 Å². The molecule has 0 amide bonds. The molecular formula is C15H26N4. The summed E-state index contributed by atoms with van der Waals surface area (Å²) in [5.41, 5.74) is 1.17. The largest absolute Gasteiger partial charge is 0.356 e. The molecule has 1 saturated heterocycles. The van der Waals surface area contributed by atoms with Gasteiger partial charge in [0.25, 0.3) is 0 Å². The molecule has 0 unspecified atom stereocenters. The fraction of sp³-hybridized carbons (Fsp3) is 0.733. The molecule has 4 heteroatoms. The molecule has 0 radical (unpaired) electrons. The van der Waals surface area contributed by atoms with E-state index in [1.807, 2.05) is 0 Å². The Morgan fingerprint density at radius 1 is 1.21 bits per heavy atom. The van der Waals surface area contributed by atoms with Crippen LogP contribution >= 0.6 is 0 Å². The molecule has 1 N–H and O–H groups in total. The summed E-state index contributed by atoms with van der Waals surface area (Å²) in [5.74, 6) is 1.10. The van der Waals surface area contributed by atoms with E-state index in [9.17, 15) is 0 Å². The van der Waals surface area contributed by atoms with Crippen molar-refractivity contribution in [3.8, 4) is 0 Å². The maximum absolute atomic E-state index is 4.43. The Balaban J connectivity index is 1.88. The third kappa shape index (κ3) is 4.16. The van der Waals surface area contributed by atoms with Crippen molar-refractivity contribution in [2.75, 3.05) is 24.5 Å². The molecule has 0 atom stereocenters. The zero-order valence-corrected chi connectivity index (χ0v) is 12.2. The summed E-state index contributed by atoms with van der Waals surface area (Å²) in [6.07, 6.45) is 7.54. The highest BCUT2D eigenvalue weighted by Gasteiger charge is 2.19. The fourth-order valence-electron chi connectivity index (χ4n) is 2.61. The number of rotatable bonds is 6. The molecule has 1 aliphatic heterocycles. The normalized spacial score (nSPS) is 16.8. The van der Waals surface area contributed by atoms with Crippen LogP contribution in [0.2, 0.25) is 0 Å². The van der Waals surface area contributed by atoms with Gasteiger partial charge in [-0.2, -0.15) is 0 Å². The molecule has 2 heterocycles. The highest BCUT2D eigenvalue weighted by molar-refractivity contribution is 5.39. The van der Waals surface area contributed by atoms with E-state index < -0.39 is 0 Å². The van der Waals surface area contributed by atoms with Gasteiger partial charge in [0.05, 0.1) is 0 Å². The van der Waals surface area contributed by atoms with Gasteiger partial charge in [-0.05, 0) is 32.2 Å². The minimum atomic E-state index is 0.688. The molecular weight excluding hydrogens is 236 g/mol. The predicted octanol–water partition coefficient (Wildman–Crippen LogP) is 2.40. The zero-order valence-electron chi connectivity index (χ0n) is 12.2. The Morgan fingerprint density at radius 3 is 2.68 bits per heavy atom. The molecule has 0 aromatic carbocycles. The lowest BCUT2D eigenvalue weighted by Gasteiger charge is -2.33. The lowest BCUT2D eigenvalue weighted by molar-refractivity contribution is 0.414. The summed E-state index contributed by atoms with van der Waals surface area (Å²) in [6, 6.07) is 2.84. The third-order valence-corrected chi connectivity index (χ3v) is 3.72. The average molecular weight is 262 g/mol. The molecule has 4 nitrogen and oxygen atoms in total. The van der Waals surface area contributed by atoms with E-state index in [2.05, 4.69) is 40.1 Å². The molecule has 1 aromatic rings. The van der Waals surface area contributed by atoms with Crippen molar-refractivity contribution in [3.05, 3.63) is 18.1 Å². The molecule has 1 fully saturated rings. The highest BCUT2D eigenvalue weighted by Crippen LogP contribution is 2.18. The first-order valence-corrected chi connectivity index (χ1v) is 7.62. The summed E-state index contributed by atoms with van der Waals surface area (Å²) in [7, 11) is 0. The van der Waals surface area contributed by atoms with Crippen LogP contribution in [0.5, 0.6) is 0 Å². The summed E-state index contributed by atoms with van der Waals surface area (Å²) < 4.78 is 0. The predicted molar refractivity (Wildman–Crippen MR) is 79.6 cm³/mol. The number of hydrogen-bond donors (Lipinski definition) is 1. The summed E-state index contributed by atoms with van der Waals surface area (Å²) >= 11 is 0. The molecule has 0 saturated carbocycles. The van der Waals surface area contributed by atoms with Gasteiger partial charge in [-0.25, -0.2) is 9.97 Å². The Kier molecular flexibility index (Phi) is 5.58. The van der Waals surface area contributed by atoms with E-state index in [0.29, 0.717) is 6.04 Å². The van der Waals surface area contributed by atoms with Gasteiger partial charge < -0.3 is 10.2 Å². The van der Waals surface area contributed by atoms with Crippen molar-refractivity contribution in [1.82, 2.24) is 15.3 Å². The van der Waals surface area contributed by atoms with E-state index in [1.54, 1.807) is 6.33 Å². The maximum Gasteiger partial charge on any atom is 0.132 e. The first kappa shape index (κ1) is 14.3. The summed E-state index contributed by atoms with van der Waals surface area (Å²) in [4.78, 5) is 11.2. The van der Waals surface area contributed by atoms with E-state index in [-0.39, 0.29) is 0 Å². The van der Waals surface area contributed by atoms with Crippen LogP contribution in [-0.4, -0.2) is 35.6 Å². The van der Waals surface area contributed by atoms with Gasteiger partial charge in [-0.1, -0.05) is 20.3 Å². The summed E-state index contributed by atoms with van der Waals surface area (Å²) in [6.45, 7) is 7.75. The number of anilines is 1. The van der Waals surface area contributed by atoms with Crippen LogP contribution in [0.15, 0.2) is 12.4 Å². The third-order valence-electron chi connectivity index (χ3n) is 3.72. The second-order valence-corrected chi connectivity index (χ2v) is 5.33. The molecule has 0 bridgehead atoms. The van der Waals surface area contributed by atoms with Crippen LogP contribution in [-0.2, 0) is 6.42 Å². The van der Waals surface area contributed by atoms with Crippen molar-refractivity contribution >= 4 is 5.82 Å². The first-order valence-electron chi connectivity index (χ1n) is 7.62. The van der Waals surface area contributed by atoms with Crippen LogP contribution in [0.1, 0.15) is 45.2 Å². The van der Waals surface area contributed by atoms with Crippen molar-refractivity contribution in [2.24, 2.45) is 0 Å². The molecule has 1 aliphatic rings. The number of nitrogens with one attached hydrogen (secondary N) is 1. The highest BCUT2D eigenvalue weighted by atomic mass is 15.2. The van der Waals surface area contributed by atoms with E-state index >= 15 is 0 Å². The van der Waals surface area contributed by atoms with E-state index in [1.165, 1.54) is 25.0 Å². The second kappa shape index (κ2) is 7.43. The molecule has 19 heavy (non-hydrogen) atoms. The number of aromatic nitrogens is 2. The van der Waals surface area contributed by atoms with Crippen LogP contribution in [0.3, 0.4) is 0 Å². The molecule has 2 rings (SSSR count). The van der Waals surface area contributed by atoms with Gasteiger partial charge in [0, 0.05) is 30.9 Å². The number of piperidine rings is 1. The van der Waals surface area contributed by atoms with Crippen molar-refractivity contribution in [2.45, 2.75) is 52.0 Å². The Labute approximate surface area is 116 Å². The lowest BCUT2D eigenvalue weighted by Crippen LogP contribution is -2.43. The van der Waals surface area contributed by atoms with Gasteiger partial charge in [0.2, 0.25) is 0 Å². The quantitative estimate of drug-likeness (QED) is 0.854. The van der Waals surface area contributed by atoms with Gasteiger partial charge >= 0.3 is 0 Å². The minimum absolute atomic E-state index is 0.688. The molecule has 1 aromatic heterocycles. The molecule has 0 spiro atoms. The SMILES string of the molecule is CCCNC1CCN(c2cc(CCC)ncn2)CC1. The standard InChI is InChI=1S/C15H26N4/c1-3-5-14-11-15(18-12-17-14)19-9-6-13(7-10-19)16-8-4-2/h11-13,16H,3-10H2,1-2H3. The van der Waals surface area contributed by atoms with Crippen LogP contribution in [0.25, 0.3) is 0 Å². The Hall–Kier alpha value is -1.16. The number of hydrogen-bond acceptors (Lipinski definition) is 4. The number of aryl methyl sites for hydroxylation is 1. The van der Waals surface area contributed by atoms with Crippen LogP contribution < -0.4 is 10.2 Å². The topological polar surface area (TPSA) is 41.0 Å². The van der Waals surface area contributed by atoms with Gasteiger partial charge in [0.15, 0.2) is 0 Å². The first-order chi connectivity index (χ1) is 9.33. The monoisotopic (exact) mass is 262 g/mol. The Bertz CT molecular complexity index is 372. The maximum atomic E-state index is 4.43. The lowest BCUT2D eigenvalue weighted by atomic mass is 10.0. The van der Waals surface area contributed by atoms with Crippen molar-refractivity contribution in [1.29, 1.82) is 0 Å². The minimum Gasteiger partial charge on any atom is -0.356 e.